The predicted octanol–water partition coefficient (Wildman–Crippen LogP) is 5.20. The molecule has 0 bridgehead atoms. The highest BCUT2D eigenvalue weighted by atomic mass is 15.4. The van der Waals surface area contributed by atoms with Crippen molar-refractivity contribution in [3.8, 4) is 6.07 Å². The van der Waals surface area contributed by atoms with Crippen molar-refractivity contribution < 1.29 is 0 Å². The Balaban J connectivity index is 1.89. The predicted molar refractivity (Wildman–Crippen MR) is 122 cm³/mol. The minimum Gasteiger partial charge on any atom is -0.342 e. The van der Waals surface area contributed by atoms with E-state index in [-0.39, 0.29) is 0 Å². The highest BCUT2D eigenvalue weighted by Crippen LogP contribution is 2.44. The van der Waals surface area contributed by atoms with E-state index in [1.54, 1.807) is 0 Å². The summed E-state index contributed by atoms with van der Waals surface area (Å²) in [7, 11) is 4.37. The molecule has 156 valence electrons. The van der Waals surface area contributed by atoms with Crippen molar-refractivity contribution in [2.75, 3.05) is 25.5 Å². The highest BCUT2D eigenvalue weighted by molar-refractivity contribution is 5.86. The molecule has 2 aromatic heterocycles. The van der Waals surface area contributed by atoms with Gasteiger partial charge in [0.05, 0.1) is 22.8 Å². The Bertz CT molecular complexity index is 1130. The first-order valence-electron chi connectivity index (χ1n) is 11.4. The van der Waals surface area contributed by atoms with E-state index in [2.05, 4.69) is 59.5 Å². The summed E-state index contributed by atoms with van der Waals surface area (Å²) in [5.41, 5.74) is 6.19. The molecule has 5 heteroatoms. The summed E-state index contributed by atoms with van der Waals surface area (Å²) in [4.78, 5) is 9.88. The number of para-hydroxylation sites is 2. The largest absolute Gasteiger partial charge is 0.342 e. The lowest BCUT2D eigenvalue weighted by molar-refractivity contribution is 0.299. The van der Waals surface area contributed by atoms with Crippen LogP contribution < -0.4 is 4.90 Å². The van der Waals surface area contributed by atoms with Gasteiger partial charge in [0.2, 0.25) is 0 Å². The number of nitriles is 1. The SMILES string of the molecule is Cc1c(C2CCCCC2)c(N2CCCC2N(C)C)n2c(nc3ccccc32)c1C#N. The fourth-order valence-electron chi connectivity index (χ4n) is 5.83. The topological polar surface area (TPSA) is 47.6 Å². The third-order valence-corrected chi connectivity index (χ3v) is 7.23. The number of rotatable bonds is 3. The zero-order chi connectivity index (χ0) is 20.8. The Morgan fingerprint density at radius 3 is 2.57 bits per heavy atom. The summed E-state index contributed by atoms with van der Waals surface area (Å²) < 4.78 is 2.31. The maximum Gasteiger partial charge on any atom is 0.157 e. The van der Waals surface area contributed by atoms with Crippen molar-refractivity contribution in [2.45, 2.75) is 64.0 Å². The lowest BCUT2D eigenvalue weighted by Crippen LogP contribution is -2.42. The van der Waals surface area contributed by atoms with Crippen LogP contribution in [-0.4, -0.2) is 41.1 Å². The first-order valence-corrected chi connectivity index (χ1v) is 11.4. The van der Waals surface area contributed by atoms with Gasteiger partial charge in [0.1, 0.15) is 11.9 Å². The van der Waals surface area contributed by atoms with Crippen molar-refractivity contribution in [1.82, 2.24) is 14.3 Å². The van der Waals surface area contributed by atoms with Gasteiger partial charge in [0.15, 0.2) is 5.65 Å². The Morgan fingerprint density at radius 1 is 1.07 bits per heavy atom. The van der Waals surface area contributed by atoms with E-state index in [0.29, 0.717) is 12.1 Å². The quantitative estimate of drug-likeness (QED) is 0.605. The average molecular weight is 402 g/mol. The van der Waals surface area contributed by atoms with Crippen LogP contribution in [0.25, 0.3) is 16.7 Å². The van der Waals surface area contributed by atoms with Gasteiger partial charge in [-0.15, -0.1) is 0 Å². The van der Waals surface area contributed by atoms with Crippen molar-refractivity contribution in [3.63, 3.8) is 0 Å². The molecule has 2 fully saturated rings. The maximum atomic E-state index is 10.1. The van der Waals surface area contributed by atoms with Crippen LogP contribution in [0.15, 0.2) is 24.3 Å². The minimum atomic E-state index is 0.379. The molecule has 5 rings (SSSR count). The Labute approximate surface area is 178 Å². The number of fused-ring (bicyclic) bond motifs is 3. The Hall–Kier alpha value is -2.58. The van der Waals surface area contributed by atoms with Gasteiger partial charge >= 0.3 is 0 Å². The van der Waals surface area contributed by atoms with Gasteiger partial charge in [0.25, 0.3) is 0 Å². The number of aromatic nitrogens is 2. The van der Waals surface area contributed by atoms with Crippen LogP contribution in [-0.2, 0) is 0 Å². The first kappa shape index (κ1) is 19.4. The molecule has 2 aliphatic rings. The molecule has 0 N–H and O–H groups in total. The molecule has 5 nitrogen and oxygen atoms in total. The fraction of sp³-hybridized carbons (Fsp3) is 0.520. The van der Waals surface area contributed by atoms with Crippen molar-refractivity contribution in [3.05, 3.63) is 41.0 Å². The molecule has 0 amide bonds. The molecule has 1 aliphatic carbocycles. The summed E-state index contributed by atoms with van der Waals surface area (Å²) in [5, 5.41) is 10.1. The smallest absolute Gasteiger partial charge is 0.157 e. The second-order valence-corrected chi connectivity index (χ2v) is 9.22. The number of imidazole rings is 1. The molecule has 1 saturated heterocycles. The summed E-state index contributed by atoms with van der Waals surface area (Å²) in [6.07, 6.45) is 9.08. The zero-order valence-electron chi connectivity index (χ0n) is 18.4. The molecule has 0 spiro atoms. The molecular formula is C25H31N5. The standard InChI is InChI=1S/C25H31N5/c1-17-19(16-26)24-27-20-12-7-8-13-21(20)30(24)25(23(17)18-10-5-4-6-11-18)29-15-9-14-22(29)28(2)3/h7-8,12-13,18,22H,4-6,9-11,14-15H2,1-3H3. The summed E-state index contributed by atoms with van der Waals surface area (Å²) in [6, 6.07) is 10.9. The lowest BCUT2D eigenvalue weighted by atomic mass is 9.81. The molecule has 1 saturated carbocycles. The second-order valence-electron chi connectivity index (χ2n) is 9.22. The molecule has 1 unspecified atom stereocenters. The number of hydrogen-bond donors (Lipinski definition) is 0. The molecule has 1 aliphatic heterocycles. The number of nitrogens with zero attached hydrogens (tertiary/aromatic N) is 5. The first-order chi connectivity index (χ1) is 14.6. The molecule has 1 atom stereocenters. The van der Waals surface area contributed by atoms with Gasteiger partial charge < -0.3 is 4.90 Å². The van der Waals surface area contributed by atoms with E-state index in [9.17, 15) is 5.26 Å². The molecule has 30 heavy (non-hydrogen) atoms. The summed E-state index contributed by atoms with van der Waals surface area (Å²) in [6.45, 7) is 3.21. The number of benzene rings is 1. The average Bonchev–Trinajstić information content (AvgIpc) is 3.39. The monoisotopic (exact) mass is 401 g/mol. The lowest BCUT2D eigenvalue weighted by Gasteiger charge is -2.36. The zero-order valence-corrected chi connectivity index (χ0v) is 18.4. The molecular weight excluding hydrogens is 370 g/mol. The van der Waals surface area contributed by atoms with Gasteiger partial charge in [-0.1, -0.05) is 31.4 Å². The van der Waals surface area contributed by atoms with Crippen LogP contribution >= 0.6 is 0 Å². The second kappa shape index (κ2) is 7.59. The van der Waals surface area contributed by atoms with Crippen molar-refractivity contribution in [1.29, 1.82) is 5.26 Å². The van der Waals surface area contributed by atoms with Gasteiger partial charge in [0, 0.05) is 12.1 Å². The fourth-order valence-corrected chi connectivity index (χ4v) is 5.83. The normalized spacial score (nSPS) is 20.5. The molecule has 3 heterocycles. The van der Waals surface area contributed by atoms with E-state index in [1.165, 1.54) is 56.3 Å². The van der Waals surface area contributed by atoms with Crippen LogP contribution in [0.4, 0.5) is 5.82 Å². The summed E-state index contributed by atoms with van der Waals surface area (Å²) >= 11 is 0. The van der Waals surface area contributed by atoms with Gasteiger partial charge in [-0.05, 0) is 70.3 Å². The molecule has 1 aromatic carbocycles. The maximum absolute atomic E-state index is 10.1. The van der Waals surface area contributed by atoms with Crippen molar-refractivity contribution in [2.24, 2.45) is 0 Å². The van der Waals surface area contributed by atoms with Crippen molar-refractivity contribution >= 4 is 22.5 Å². The van der Waals surface area contributed by atoms with E-state index >= 15 is 0 Å². The number of anilines is 1. The Kier molecular flexibility index (Phi) is 4.91. The van der Waals surface area contributed by atoms with E-state index in [4.69, 9.17) is 4.98 Å². The molecule has 0 radical (unpaired) electrons. The van der Waals surface area contributed by atoms with Crippen LogP contribution in [0, 0.1) is 18.3 Å². The van der Waals surface area contributed by atoms with E-state index in [0.717, 1.165) is 34.4 Å². The number of pyridine rings is 1. The minimum absolute atomic E-state index is 0.379. The third kappa shape index (κ3) is 2.89. The molecule has 3 aromatic rings. The van der Waals surface area contributed by atoms with Crippen LogP contribution in [0.2, 0.25) is 0 Å². The van der Waals surface area contributed by atoms with Gasteiger partial charge in [-0.3, -0.25) is 9.30 Å². The van der Waals surface area contributed by atoms with E-state index < -0.39 is 0 Å². The van der Waals surface area contributed by atoms with Gasteiger partial charge in [-0.2, -0.15) is 5.26 Å². The van der Waals surface area contributed by atoms with Gasteiger partial charge in [-0.25, -0.2) is 4.98 Å². The van der Waals surface area contributed by atoms with Crippen LogP contribution in [0.3, 0.4) is 0 Å². The number of hydrogen-bond acceptors (Lipinski definition) is 4. The van der Waals surface area contributed by atoms with Crippen LogP contribution in [0.5, 0.6) is 0 Å². The van der Waals surface area contributed by atoms with E-state index in [1.807, 2.05) is 6.07 Å². The highest BCUT2D eigenvalue weighted by Gasteiger charge is 2.34. The third-order valence-electron chi connectivity index (χ3n) is 7.23. The summed E-state index contributed by atoms with van der Waals surface area (Å²) in [5.74, 6) is 1.81. The Morgan fingerprint density at radius 2 is 1.83 bits per heavy atom. The van der Waals surface area contributed by atoms with Crippen LogP contribution in [0.1, 0.15) is 67.6 Å².